The molecular formula is C14H15F2NO3. The van der Waals surface area contributed by atoms with Gasteiger partial charge < -0.3 is 14.8 Å². The number of halogens is 2. The molecule has 0 aromatic heterocycles. The Hall–Kier alpha value is -1.98. The molecule has 1 saturated heterocycles. The molecule has 1 aromatic carbocycles. The molecule has 108 valence electrons. The molecule has 1 N–H and O–H groups in total. The number of rotatable bonds is 2. The number of carbonyl (C=O) groups excluding carboxylic acids is 1. The van der Waals surface area contributed by atoms with E-state index in [4.69, 9.17) is 5.11 Å². The Bertz CT molecular complexity index is 535. The highest BCUT2D eigenvalue weighted by atomic mass is 19.2. The first kappa shape index (κ1) is 14.4. The number of carbonyl (C=O) groups is 2. The summed E-state index contributed by atoms with van der Waals surface area (Å²) in [5.41, 5.74) is 0.526. The van der Waals surface area contributed by atoms with Gasteiger partial charge in [-0.25, -0.2) is 13.6 Å². The number of likely N-dealkylation sites (tertiary alicyclic amines) is 1. The van der Waals surface area contributed by atoms with Crippen LogP contribution in [0.15, 0.2) is 18.2 Å². The number of aldehydes is 1. The van der Waals surface area contributed by atoms with Gasteiger partial charge >= 0.3 is 6.09 Å². The maximum absolute atomic E-state index is 13.3. The fraction of sp³-hybridized carbons (Fsp3) is 0.429. The molecule has 6 heteroatoms. The van der Waals surface area contributed by atoms with Crippen LogP contribution in [0.25, 0.3) is 0 Å². The minimum absolute atomic E-state index is 0.0731. The van der Waals surface area contributed by atoms with E-state index in [1.807, 2.05) is 0 Å². The average Bonchev–Trinajstić information content (AvgIpc) is 2.41. The lowest BCUT2D eigenvalue weighted by molar-refractivity contribution is -0.113. The van der Waals surface area contributed by atoms with Gasteiger partial charge in [-0.1, -0.05) is 6.07 Å². The Kier molecular flexibility index (Phi) is 4.01. The summed E-state index contributed by atoms with van der Waals surface area (Å²) in [5, 5.41) is 9.06. The predicted molar refractivity (Wildman–Crippen MR) is 67.5 cm³/mol. The molecule has 0 bridgehead atoms. The van der Waals surface area contributed by atoms with Crippen LogP contribution in [0.5, 0.6) is 0 Å². The van der Waals surface area contributed by atoms with Crippen molar-refractivity contribution in [3.05, 3.63) is 35.4 Å². The number of benzene rings is 1. The lowest BCUT2D eigenvalue weighted by atomic mass is 9.78. The minimum Gasteiger partial charge on any atom is -0.465 e. The molecule has 1 aliphatic rings. The zero-order valence-corrected chi connectivity index (χ0v) is 10.9. The second kappa shape index (κ2) is 5.56. The number of nitrogens with zero attached hydrogens (tertiary/aromatic N) is 1. The van der Waals surface area contributed by atoms with Crippen molar-refractivity contribution in [1.82, 2.24) is 4.90 Å². The van der Waals surface area contributed by atoms with E-state index < -0.39 is 23.6 Å². The van der Waals surface area contributed by atoms with Crippen molar-refractivity contribution in [3.63, 3.8) is 0 Å². The summed E-state index contributed by atoms with van der Waals surface area (Å²) in [7, 11) is 0. The summed E-state index contributed by atoms with van der Waals surface area (Å²) in [5.74, 6) is -2.74. The molecule has 0 unspecified atom stereocenters. The van der Waals surface area contributed by atoms with Gasteiger partial charge in [-0.3, -0.25) is 0 Å². The number of hydrogen-bond acceptors (Lipinski definition) is 2. The fourth-order valence-electron chi connectivity index (χ4n) is 2.73. The molecule has 1 aliphatic heterocycles. The van der Waals surface area contributed by atoms with Crippen LogP contribution in [-0.2, 0) is 4.79 Å². The van der Waals surface area contributed by atoms with Crippen LogP contribution >= 0.6 is 0 Å². The molecule has 1 aromatic rings. The van der Waals surface area contributed by atoms with Gasteiger partial charge in [0.1, 0.15) is 6.29 Å². The van der Waals surface area contributed by atoms with E-state index in [-0.39, 0.29) is 18.5 Å². The first-order valence-electron chi connectivity index (χ1n) is 6.33. The Labute approximate surface area is 115 Å². The molecule has 3 atom stereocenters. The highest BCUT2D eigenvalue weighted by Gasteiger charge is 2.36. The lowest BCUT2D eigenvalue weighted by Gasteiger charge is -2.39. The number of amides is 1. The predicted octanol–water partition coefficient (Wildman–Crippen LogP) is 2.64. The fourth-order valence-corrected chi connectivity index (χ4v) is 2.73. The summed E-state index contributed by atoms with van der Waals surface area (Å²) < 4.78 is 26.3. The van der Waals surface area contributed by atoms with Crippen molar-refractivity contribution in [1.29, 1.82) is 0 Å². The van der Waals surface area contributed by atoms with Gasteiger partial charge in [-0.15, -0.1) is 0 Å². The van der Waals surface area contributed by atoms with Gasteiger partial charge in [0.25, 0.3) is 0 Å². The third-order valence-corrected chi connectivity index (χ3v) is 3.84. The van der Waals surface area contributed by atoms with E-state index in [1.165, 1.54) is 11.0 Å². The highest BCUT2D eigenvalue weighted by molar-refractivity contribution is 5.67. The van der Waals surface area contributed by atoms with Crippen LogP contribution < -0.4 is 0 Å². The van der Waals surface area contributed by atoms with Crippen LogP contribution in [0.3, 0.4) is 0 Å². The molecule has 20 heavy (non-hydrogen) atoms. The van der Waals surface area contributed by atoms with Gasteiger partial charge in [0.2, 0.25) is 0 Å². The van der Waals surface area contributed by atoms with Crippen molar-refractivity contribution >= 4 is 12.4 Å². The molecule has 2 rings (SSSR count). The molecule has 4 nitrogen and oxygen atoms in total. The molecular weight excluding hydrogens is 268 g/mol. The van der Waals surface area contributed by atoms with Crippen LogP contribution in [0.2, 0.25) is 0 Å². The molecule has 0 saturated carbocycles. The van der Waals surface area contributed by atoms with E-state index in [2.05, 4.69) is 0 Å². The van der Waals surface area contributed by atoms with Crippen molar-refractivity contribution in [2.75, 3.05) is 6.54 Å². The van der Waals surface area contributed by atoms with E-state index in [0.29, 0.717) is 18.3 Å². The maximum atomic E-state index is 13.3. The molecule has 0 aliphatic carbocycles. The van der Waals surface area contributed by atoms with E-state index in [9.17, 15) is 18.4 Å². The second-order valence-electron chi connectivity index (χ2n) is 5.10. The highest BCUT2D eigenvalue weighted by Crippen LogP contribution is 2.35. The third-order valence-electron chi connectivity index (χ3n) is 3.84. The SMILES string of the molecule is C[C@H]1C[C@H](c2ccc(F)c(F)c2)[C@@H](C=O)CN1C(=O)O. The summed E-state index contributed by atoms with van der Waals surface area (Å²) in [6.07, 6.45) is 0.0159. The standard InChI is InChI=1S/C14H15F2NO3/c1-8-4-11(9-2-3-12(15)13(16)5-9)10(7-18)6-17(8)14(19)20/h2-3,5,7-8,10-11H,4,6H2,1H3,(H,19,20)/t8-,10+,11+/m0/s1. The molecule has 1 fully saturated rings. The second-order valence-corrected chi connectivity index (χ2v) is 5.10. The van der Waals surface area contributed by atoms with E-state index >= 15 is 0 Å². The first-order valence-corrected chi connectivity index (χ1v) is 6.33. The zero-order valence-electron chi connectivity index (χ0n) is 10.9. The quantitative estimate of drug-likeness (QED) is 0.849. The Morgan fingerprint density at radius 2 is 2.10 bits per heavy atom. The number of piperidine rings is 1. The molecule has 0 spiro atoms. The summed E-state index contributed by atoms with van der Waals surface area (Å²) in [6, 6.07) is 3.28. The molecule has 0 radical (unpaired) electrons. The summed E-state index contributed by atoms with van der Waals surface area (Å²) in [4.78, 5) is 23.5. The molecule has 1 heterocycles. The Morgan fingerprint density at radius 3 is 2.65 bits per heavy atom. The lowest BCUT2D eigenvalue weighted by Crippen LogP contribution is -2.48. The number of carboxylic acid groups (broad SMARTS) is 1. The normalized spacial score (nSPS) is 26.4. The van der Waals surface area contributed by atoms with Crippen LogP contribution in [0.4, 0.5) is 13.6 Å². The van der Waals surface area contributed by atoms with Gasteiger partial charge in [-0.05, 0) is 37.0 Å². The smallest absolute Gasteiger partial charge is 0.407 e. The summed E-state index contributed by atoms with van der Waals surface area (Å²) >= 11 is 0. The average molecular weight is 283 g/mol. The van der Waals surface area contributed by atoms with Crippen molar-refractivity contribution in [2.45, 2.75) is 25.3 Å². The van der Waals surface area contributed by atoms with Gasteiger partial charge in [-0.2, -0.15) is 0 Å². The van der Waals surface area contributed by atoms with Crippen LogP contribution in [-0.4, -0.2) is 35.0 Å². The van der Waals surface area contributed by atoms with Crippen LogP contribution in [0, 0.1) is 17.6 Å². The Balaban J connectivity index is 2.29. The van der Waals surface area contributed by atoms with Gasteiger partial charge in [0, 0.05) is 18.5 Å². The monoisotopic (exact) mass is 283 g/mol. The van der Waals surface area contributed by atoms with Gasteiger partial charge in [0.15, 0.2) is 11.6 Å². The zero-order chi connectivity index (χ0) is 14.9. The van der Waals surface area contributed by atoms with Gasteiger partial charge in [0.05, 0.1) is 0 Å². The molecule has 1 amide bonds. The first-order chi connectivity index (χ1) is 9.43. The van der Waals surface area contributed by atoms with E-state index in [0.717, 1.165) is 12.1 Å². The van der Waals surface area contributed by atoms with Crippen molar-refractivity contribution in [2.24, 2.45) is 5.92 Å². The van der Waals surface area contributed by atoms with E-state index in [1.54, 1.807) is 6.92 Å². The largest absolute Gasteiger partial charge is 0.465 e. The number of hydrogen-bond donors (Lipinski definition) is 1. The van der Waals surface area contributed by atoms with Crippen LogP contribution in [0.1, 0.15) is 24.8 Å². The summed E-state index contributed by atoms with van der Waals surface area (Å²) in [6.45, 7) is 1.81. The third kappa shape index (κ3) is 2.64. The van der Waals surface area contributed by atoms with Crippen molar-refractivity contribution < 1.29 is 23.5 Å². The Morgan fingerprint density at radius 1 is 1.40 bits per heavy atom. The maximum Gasteiger partial charge on any atom is 0.407 e. The van der Waals surface area contributed by atoms with Crippen molar-refractivity contribution in [3.8, 4) is 0 Å². The minimum atomic E-state index is -1.08. The topological polar surface area (TPSA) is 57.6 Å².